The molecule has 0 radical (unpaired) electrons. The Hall–Kier alpha value is -1.36. The molecule has 1 fully saturated rings. The molecule has 5 heteroatoms. The molecule has 3 N–H and O–H groups in total. The molecule has 0 atom stereocenters. The average molecular weight is 223 g/mol. The lowest BCUT2D eigenvalue weighted by molar-refractivity contribution is 0.0677. The van der Waals surface area contributed by atoms with Crippen molar-refractivity contribution in [3.05, 3.63) is 18.0 Å². The van der Waals surface area contributed by atoms with Crippen molar-refractivity contribution < 1.29 is 9.90 Å². The van der Waals surface area contributed by atoms with E-state index in [0.717, 1.165) is 32.2 Å². The molecule has 0 bridgehead atoms. The van der Waals surface area contributed by atoms with Crippen molar-refractivity contribution in [2.45, 2.75) is 31.7 Å². The molecule has 1 aliphatic carbocycles. The molecular weight excluding hydrogens is 206 g/mol. The van der Waals surface area contributed by atoms with Crippen LogP contribution in [0.1, 0.15) is 42.2 Å². The summed E-state index contributed by atoms with van der Waals surface area (Å²) in [5, 5.41) is 13.1. The minimum absolute atomic E-state index is 0.226. The first-order valence-electron chi connectivity index (χ1n) is 5.69. The summed E-state index contributed by atoms with van der Waals surface area (Å²) in [6.07, 6.45) is 5.65. The molecule has 1 saturated carbocycles. The van der Waals surface area contributed by atoms with Crippen LogP contribution in [0.15, 0.2) is 12.3 Å². The average Bonchev–Trinajstić information content (AvgIpc) is 2.78. The molecule has 0 unspecified atom stereocenters. The van der Waals surface area contributed by atoms with E-state index in [1.54, 1.807) is 16.9 Å². The second-order valence-corrected chi connectivity index (χ2v) is 4.38. The molecule has 16 heavy (non-hydrogen) atoms. The van der Waals surface area contributed by atoms with E-state index in [-0.39, 0.29) is 11.7 Å². The summed E-state index contributed by atoms with van der Waals surface area (Å²) in [4.78, 5) is 11.0. The Bertz CT molecular complexity index is 367. The van der Waals surface area contributed by atoms with Crippen LogP contribution >= 0.6 is 0 Å². The summed E-state index contributed by atoms with van der Waals surface area (Å²) in [6, 6.07) is 1.78. The predicted molar refractivity (Wildman–Crippen MR) is 59.2 cm³/mol. The molecule has 2 rings (SSSR count). The Morgan fingerprint density at radius 1 is 1.50 bits per heavy atom. The third-order valence-electron chi connectivity index (χ3n) is 3.38. The zero-order chi connectivity index (χ0) is 11.5. The lowest BCUT2D eigenvalue weighted by Gasteiger charge is -2.28. The standard InChI is InChI=1S/C11H17N3O2/c12-7-8-1-3-9(4-2-8)14-10(11(15)16)5-6-13-14/h5-6,8-9H,1-4,7,12H2,(H,15,16). The highest BCUT2D eigenvalue weighted by Crippen LogP contribution is 2.31. The minimum Gasteiger partial charge on any atom is -0.477 e. The third-order valence-corrected chi connectivity index (χ3v) is 3.38. The summed E-state index contributed by atoms with van der Waals surface area (Å²) in [6.45, 7) is 0.734. The van der Waals surface area contributed by atoms with Crippen LogP contribution in [0.3, 0.4) is 0 Å². The number of nitrogens with zero attached hydrogens (tertiary/aromatic N) is 2. The molecule has 0 aliphatic heterocycles. The zero-order valence-electron chi connectivity index (χ0n) is 9.17. The van der Waals surface area contributed by atoms with Crippen molar-refractivity contribution in [3.63, 3.8) is 0 Å². The number of aromatic carboxylic acids is 1. The van der Waals surface area contributed by atoms with Gasteiger partial charge in [0.1, 0.15) is 5.69 Å². The maximum atomic E-state index is 11.0. The normalized spacial score (nSPS) is 25.6. The highest BCUT2D eigenvalue weighted by Gasteiger charge is 2.24. The maximum Gasteiger partial charge on any atom is 0.354 e. The molecule has 0 spiro atoms. The zero-order valence-corrected chi connectivity index (χ0v) is 9.17. The fraction of sp³-hybridized carbons (Fsp3) is 0.636. The summed E-state index contributed by atoms with van der Waals surface area (Å²) in [7, 11) is 0. The second-order valence-electron chi connectivity index (χ2n) is 4.38. The molecule has 0 aromatic carbocycles. The molecule has 0 saturated heterocycles. The SMILES string of the molecule is NCC1CCC(n2nccc2C(=O)O)CC1. The van der Waals surface area contributed by atoms with Crippen molar-refractivity contribution in [2.24, 2.45) is 11.7 Å². The van der Waals surface area contributed by atoms with Gasteiger partial charge in [-0.15, -0.1) is 0 Å². The van der Waals surface area contributed by atoms with Gasteiger partial charge in [-0.2, -0.15) is 5.10 Å². The number of hydrogen-bond acceptors (Lipinski definition) is 3. The number of carboxylic acid groups (broad SMARTS) is 1. The quantitative estimate of drug-likeness (QED) is 0.808. The lowest BCUT2D eigenvalue weighted by atomic mass is 9.86. The second kappa shape index (κ2) is 4.65. The van der Waals surface area contributed by atoms with E-state index in [0.29, 0.717) is 5.92 Å². The topological polar surface area (TPSA) is 81.1 Å². The van der Waals surface area contributed by atoms with Crippen molar-refractivity contribution in [1.29, 1.82) is 0 Å². The molecular formula is C11H17N3O2. The Kier molecular flexibility index (Phi) is 3.24. The number of carbonyl (C=O) groups is 1. The van der Waals surface area contributed by atoms with Gasteiger partial charge in [0, 0.05) is 6.20 Å². The first kappa shape index (κ1) is 11.1. The Morgan fingerprint density at radius 2 is 2.19 bits per heavy atom. The molecule has 1 aromatic heterocycles. The van der Waals surface area contributed by atoms with Crippen LogP contribution in [0.2, 0.25) is 0 Å². The maximum absolute atomic E-state index is 11.0. The monoisotopic (exact) mass is 223 g/mol. The lowest BCUT2D eigenvalue weighted by Crippen LogP contribution is -2.25. The predicted octanol–water partition coefficient (Wildman–Crippen LogP) is 1.27. The number of hydrogen-bond donors (Lipinski definition) is 2. The van der Waals surface area contributed by atoms with Crippen LogP contribution in [0.5, 0.6) is 0 Å². The van der Waals surface area contributed by atoms with E-state index >= 15 is 0 Å². The highest BCUT2D eigenvalue weighted by atomic mass is 16.4. The number of nitrogens with two attached hydrogens (primary N) is 1. The van der Waals surface area contributed by atoms with Crippen LogP contribution < -0.4 is 5.73 Å². The molecule has 88 valence electrons. The summed E-state index contributed by atoms with van der Waals surface area (Å²) >= 11 is 0. The van der Waals surface area contributed by atoms with E-state index in [4.69, 9.17) is 10.8 Å². The fourth-order valence-electron chi connectivity index (χ4n) is 2.40. The van der Waals surface area contributed by atoms with E-state index in [1.165, 1.54) is 0 Å². The van der Waals surface area contributed by atoms with Crippen LogP contribution in [0.25, 0.3) is 0 Å². The van der Waals surface area contributed by atoms with Crippen LogP contribution in [0.4, 0.5) is 0 Å². The molecule has 1 aromatic rings. The highest BCUT2D eigenvalue weighted by molar-refractivity contribution is 5.85. The fourth-order valence-corrected chi connectivity index (χ4v) is 2.40. The van der Waals surface area contributed by atoms with Crippen LogP contribution in [0, 0.1) is 5.92 Å². The van der Waals surface area contributed by atoms with Crippen molar-refractivity contribution in [2.75, 3.05) is 6.54 Å². The number of rotatable bonds is 3. The van der Waals surface area contributed by atoms with Gasteiger partial charge in [0.2, 0.25) is 0 Å². The van der Waals surface area contributed by atoms with E-state index in [1.807, 2.05) is 0 Å². The first-order valence-corrected chi connectivity index (χ1v) is 5.69. The number of aromatic nitrogens is 2. The van der Waals surface area contributed by atoms with E-state index < -0.39 is 5.97 Å². The van der Waals surface area contributed by atoms with Gasteiger partial charge in [0.25, 0.3) is 0 Å². The van der Waals surface area contributed by atoms with Gasteiger partial charge < -0.3 is 10.8 Å². The Morgan fingerprint density at radius 3 is 2.75 bits per heavy atom. The summed E-state index contributed by atoms with van der Waals surface area (Å²) in [5.74, 6) is -0.307. The molecule has 5 nitrogen and oxygen atoms in total. The van der Waals surface area contributed by atoms with Crippen LogP contribution in [-0.2, 0) is 0 Å². The number of carboxylic acids is 1. The van der Waals surface area contributed by atoms with Crippen molar-refractivity contribution in [1.82, 2.24) is 9.78 Å². The molecule has 1 aliphatic rings. The Balaban J connectivity index is 2.08. The van der Waals surface area contributed by atoms with Gasteiger partial charge in [-0.1, -0.05) is 0 Å². The van der Waals surface area contributed by atoms with Gasteiger partial charge in [-0.05, 0) is 44.2 Å². The van der Waals surface area contributed by atoms with Crippen molar-refractivity contribution in [3.8, 4) is 0 Å². The Labute approximate surface area is 94.2 Å². The largest absolute Gasteiger partial charge is 0.477 e. The minimum atomic E-state index is -0.904. The van der Waals surface area contributed by atoms with E-state index in [2.05, 4.69) is 5.10 Å². The summed E-state index contributed by atoms with van der Waals surface area (Å²) < 4.78 is 1.65. The van der Waals surface area contributed by atoms with Gasteiger partial charge in [0.05, 0.1) is 6.04 Å². The third kappa shape index (κ3) is 2.09. The summed E-state index contributed by atoms with van der Waals surface area (Å²) in [5.41, 5.74) is 5.92. The van der Waals surface area contributed by atoms with Crippen molar-refractivity contribution >= 4 is 5.97 Å². The van der Waals surface area contributed by atoms with Gasteiger partial charge in [-0.3, -0.25) is 4.68 Å². The first-order chi connectivity index (χ1) is 7.72. The van der Waals surface area contributed by atoms with Gasteiger partial charge in [0.15, 0.2) is 0 Å². The van der Waals surface area contributed by atoms with Gasteiger partial charge >= 0.3 is 5.97 Å². The molecule has 1 heterocycles. The van der Waals surface area contributed by atoms with Gasteiger partial charge in [-0.25, -0.2) is 4.79 Å². The smallest absolute Gasteiger partial charge is 0.354 e. The van der Waals surface area contributed by atoms with Crippen LogP contribution in [-0.4, -0.2) is 27.4 Å². The van der Waals surface area contributed by atoms with E-state index in [9.17, 15) is 4.79 Å². The molecule has 0 amide bonds.